The van der Waals surface area contributed by atoms with E-state index in [9.17, 15) is 14.4 Å². The van der Waals surface area contributed by atoms with Gasteiger partial charge in [0.1, 0.15) is 12.1 Å². The number of hydrogen-bond donors (Lipinski definition) is 0. The van der Waals surface area contributed by atoms with Crippen LogP contribution in [-0.2, 0) is 14.3 Å². The number of hydrogen-bond acceptors (Lipinski definition) is 6. The fourth-order valence-electron chi connectivity index (χ4n) is 4.29. The number of halogens is 1. The fourth-order valence-corrected chi connectivity index (χ4v) is 4.41. The summed E-state index contributed by atoms with van der Waals surface area (Å²) in [6.07, 6.45) is 0. The Bertz CT molecular complexity index is 1190. The third-order valence-corrected chi connectivity index (χ3v) is 6.20. The molecule has 2 unspecified atom stereocenters. The molecular weight excluding hydrogens is 446 g/mol. The Hall–Kier alpha value is -3.10. The zero-order chi connectivity index (χ0) is 23.5. The second-order valence-corrected chi connectivity index (χ2v) is 8.39. The molecule has 0 aliphatic carbocycles. The number of carbonyl (C=O) groups is 2. The first-order chi connectivity index (χ1) is 15.9. The first kappa shape index (κ1) is 23.1. The number of oxazole rings is 1. The summed E-state index contributed by atoms with van der Waals surface area (Å²) < 4.78 is 12.0. The second kappa shape index (κ2) is 9.80. The van der Waals surface area contributed by atoms with E-state index in [2.05, 4.69) is 0 Å². The van der Waals surface area contributed by atoms with Crippen molar-refractivity contribution in [3.05, 3.63) is 69.7 Å². The molecule has 8 nitrogen and oxygen atoms in total. The topological polar surface area (TPSA) is 85.0 Å². The van der Waals surface area contributed by atoms with Crippen LogP contribution in [0.3, 0.4) is 0 Å². The summed E-state index contributed by atoms with van der Waals surface area (Å²) in [5.74, 6) is -1.05. The maximum absolute atomic E-state index is 13.2. The number of esters is 1. The Morgan fingerprint density at radius 1 is 1.06 bits per heavy atom. The van der Waals surface area contributed by atoms with E-state index in [4.69, 9.17) is 20.8 Å². The van der Waals surface area contributed by atoms with E-state index >= 15 is 0 Å². The minimum atomic E-state index is -0.704. The van der Waals surface area contributed by atoms with Crippen LogP contribution in [0.5, 0.6) is 0 Å². The first-order valence-corrected chi connectivity index (χ1v) is 11.3. The van der Waals surface area contributed by atoms with Crippen molar-refractivity contribution in [3.63, 3.8) is 0 Å². The smallest absolute Gasteiger partial charge is 0.420 e. The molecule has 2 aromatic carbocycles. The number of fused-ring (bicyclic) bond motifs is 1. The molecule has 1 aliphatic rings. The largest absolute Gasteiger partial charge is 0.465 e. The summed E-state index contributed by atoms with van der Waals surface area (Å²) in [5.41, 5.74) is 1.83. The molecule has 0 spiro atoms. The molecule has 2 heterocycles. The molecule has 4 rings (SSSR count). The highest BCUT2D eigenvalue weighted by Gasteiger charge is 2.34. The monoisotopic (exact) mass is 471 g/mol. The SMILES string of the molecule is CCOC(=O)C(c1ccc(Cl)cc1)N1CCN(C(=O)C(C)n2c(=O)oc3ccccc32)CC1. The van der Waals surface area contributed by atoms with Crippen LogP contribution >= 0.6 is 11.6 Å². The van der Waals surface area contributed by atoms with Gasteiger partial charge in [-0.2, -0.15) is 0 Å². The van der Waals surface area contributed by atoms with Gasteiger partial charge in [0.15, 0.2) is 5.58 Å². The van der Waals surface area contributed by atoms with Gasteiger partial charge in [-0.1, -0.05) is 35.9 Å². The van der Waals surface area contributed by atoms with Crippen LogP contribution in [0.25, 0.3) is 11.1 Å². The highest BCUT2D eigenvalue weighted by atomic mass is 35.5. The van der Waals surface area contributed by atoms with Crippen LogP contribution in [0, 0.1) is 0 Å². The highest BCUT2D eigenvalue weighted by molar-refractivity contribution is 6.30. The van der Waals surface area contributed by atoms with E-state index in [1.807, 2.05) is 17.0 Å². The lowest BCUT2D eigenvalue weighted by atomic mass is 10.0. The summed E-state index contributed by atoms with van der Waals surface area (Å²) in [4.78, 5) is 42.1. The molecule has 1 amide bonds. The van der Waals surface area contributed by atoms with Gasteiger partial charge < -0.3 is 14.1 Å². The second-order valence-electron chi connectivity index (χ2n) is 7.95. The molecule has 1 fully saturated rings. The zero-order valence-corrected chi connectivity index (χ0v) is 19.3. The van der Waals surface area contributed by atoms with E-state index in [0.29, 0.717) is 42.3 Å². The maximum Gasteiger partial charge on any atom is 0.420 e. The van der Waals surface area contributed by atoms with E-state index in [0.717, 1.165) is 5.56 Å². The molecule has 3 aromatic rings. The van der Waals surface area contributed by atoms with Crippen LogP contribution in [0.4, 0.5) is 0 Å². The summed E-state index contributed by atoms with van der Waals surface area (Å²) >= 11 is 6.01. The Balaban J connectivity index is 1.49. The lowest BCUT2D eigenvalue weighted by Gasteiger charge is -2.39. The predicted octanol–water partition coefficient (Wildman–Crippen LogP) is 3.26. The van der Waals surface area contributed by atoms with Crippen LogP contribution in [0.15, 0.2) is 57.7 Å². The molecule has 0 saturated carbocycles. The molecular formula is C24H26ClN3O5. The molecule has 174 valence electrons. The van der Waals surface area contributed by atoms with Gasteiger partial charge in [-0.05, 0) is 43.7 Å². The molecule has 0 radical (unpaired) electrons. The molecule has 1 saturated heterocycles. The fraction of sp³-hybridized carbons (Fsp3) is 0.375. The lowest BCUT2D eigenvalue weighted by Crippen LogP contribution is -2.52. The third-order valence-electron chi connectivity index (χ3n) is 5.95. The number of rotatable bonds is 6. The minimum absolute atomic E-state index is 0.164. The highest BCUT2D eigenvalue weighted by Crippen LogP contribution is 2.26. The van der Waals surface area contributed by atoms with Crippen LogP contribution in [-0.4, -0.2) is 59.0 Å². The average Bonchev–Trinajstić information content (AvgIpc) is 3.16. The summed E-state index contributed by atoms with van der Waals surface area (Å²) in [6.45, 7) is 5.60. The summed E-state index contributed by atoms with van der Waals surface area (Å²) in [7, 11) is 0. The Kier molecular flexibility index (Phi) is 6.85. The molecule has 1 aromatic heterocycles. The van der Waals surface area contributed by atoms with Gasteiger partial charge in [0, 0.05) is 31.2 Å². The van der Waals surface area contributed by atoms with Crippen molar-refractivity contribution in [2.45, 2.75) is 25.9 Å². The van der Waals surface area contributed by atoms with Crippen molar-refractivity contribution in [1.82, 2.24) is 14.4 Å². The van der Waals surface area contributed by atoms with Gasteiger partial charge in [-0.3, -0.25) is 14.3 Å². The zero-order valence-electron chi connectivity index (χ0n) is 18.6. The van der Waals surface area contributed by atoms with Crippen LogP contribution in [0.1, 0.15) is 31.5 Å². The van der Waals surface area contributed by atoms with Crippen molar-refractivity contribution in [2.75, 3.05) is 32.8 Å². The normalized spacial score (nSPS) is 16.5. The number of piperazine rings is 1. The number of para-hydroxylation sites is 2. The quantitative estimate of drug-likeness (QED) is 0.513. The van der Waals surface area contributed by atoms with E-state index in [1.54, 1.807) is 55.1 Å². The van der Waals surface area contributed by atoms with Gasteiger partial charge >= 0.3 is 11.7 Å². The minimum Gasteiger partial charge on any atom is -0.465 e. The number of nitrogens with zero attached hydrogens (tertiary/aromatic N) is 3. The van der Waals surface area contributed by atoms with E-state index < -0.39 is 17.8 Å². The van der Waals surface area contributed by atoms with Crippen molar-refractivity contribution in [2.24, 2.45) is 0 Å². The van der Waals surface area contributed by atoms with Crippen molar-refractivity contribution in [1.29, 1.82) is 0 Å². The number of benzene rings is 2. The van der Waals surface area contributed by atoms with Gasteiger partial charge in [-0.15, -0.1) is 0 Å². The van der Waals surface area contributed by atoms with Crippen LogP contribution < -0.4 is 5.76 Å². The Morgan fingerprint density at radius 2 is 1.73 bits per heavy atom. The summed E-state index contributed by atoms with van der Waals surface area (Å²) in [5, 5.41) is 0.591. The molecule has 0 N–H and O–H groups in total. The number of amides is 1. The molecule has 9 heteroatoms. The third kappa shape index (κ3) is 4.67. The van der Waals surface area contributed by atoms with Gasteiger partial charge in [0.05, 0.1) is 12.1 Å². The van der Waals surface area contributed by atoms with E-state index in [-0.39, 0.29) is 18.5 Å². The number of aromatic nitrogens is 1. The number of carbonyl (C=O) groups excluding carboxylic acids is 2. The summed E-state index contributed by atoms with van der Waals surface area (Å²) in [6, 6.07) is 12.9. The van der Waals surface area contributed by atoms with Gasteiger partial charge in [-0.25, -0.2) is 9.59 Å². The van der Waals surface area contributed by atoms with Crippen LogP contribution in [0.2, 0.25) is 5.02 Å². The average molecular weight is 472 g/mol. The van der Waals surface area contributed by atoms with Crippen molar-refractivity contribution in [3.8, 4) is 0 Å². The number of ether oxygens (including phenoxy) is 1. The first-order valence-electron chi connectivity index (χ1n) is 11.0. The lowest BCUT2D eigenvalue weighted by molar-refractivity contribution is -0.151. The molecule has 0 bridgehead atoms. The van der Waals surface area contributed by atoms with Crippen molar-refractivity contribution >= 4 is 34.6 Å². The van der Waals surface area contributed by atoms with E-state index in [1.165, 1.54) is 4.57 Å². The Labute approximate surface area is 196 Å². The standard InChI is InChI=1S/C24H26ClN3O5/c1-3-32-23(30)21(17-8-10-18(25)11-9-17)26-12-14-27(15-13-26)22(29)16(2)28-19-6-4-5-7-20(19)33-24(28)31/h4-11,16,21H,3,12-15H2,1-2H3. The maximum atomic E-state index is 13.2. The molecule has 33 heavy (non-hydrogen) atoms. The molecule has 1 aliphatic heterocycles. The molecule has 2 atom stereocenters. The van der Waals surface area contributed by atoms with Gasteiger partial charge in [0.25, 0.3) is 0 Å². The van der Waals surface area contributed by atoms with Gasteiger partial charge in [0.2, 0.25) is 5.91 Å². The van der Waals surface area contributed by atoms with Crippen molar-refractivity contribution < 1.29 is 18.7 Å². The predicted molar refractivity (Wildman–Crippen MR) is 124 cm³/mol. The Morgan fingerprint density at radius 3 is 2.39 bits per heavy atom.